The molecule has 0 aliphatic carbocycles. The number of guanidine groups is 2. The topological polar surface area (TPSA) is 383 Å². The van der Waals surface area contributed by atoms with Crippen molar-refractivity contribution in [3.63, 3.8) is 0 Å². The Hall–Kier alpha value is -7.02. The third-order valence-corrected chi connectivity index (χ3v) is 13.2. The van der Waals surface area contributed by atoms with Gasteiger partial charge in [-0.2, -0.15) is 0 Å². The summed E-state index contributed by atoms with van der Waals surface area (Å²) in [6.45, 7) is 0.958. The Morgan fingerprint density at radius 2 is 1.41 bits per heavy atom. The summed E-state index contributed by atoms with van der Waals surface area (Å²) in [6, 6.07) is 8.77. The first-order chi connectivity index (χ1) is 32.9. The van der Waals surface area contributed by atoms with E-state index < -0.39 is 90.1 Å². The molecule has 0 bridgehead atoms. The van der Waals surface area contributed by atoms with Crippen molar-refractivity contribution in [3.05, 3.63) is 71.9 Å². The maximum atomic E-state index is 14.4. The molecule has 8 amide bonds. The minimum Gasteiger partial charge on any atom is -0.370 e. The average molecular weight is 994 g/mol. The molecule has 1 aliphatic rings. The van der Waals surface area contributed by atoms with E-state index in [2.05, 4.69) is 46.9 Å². The first-order valence-electron chi connectivity index (χ1n) is 22.2. The predicted molar refractivity (Wildman–Crippen MR) is 266 cm³/mol. The van der Waals surface area contributed by atoms with Gasteiger partial charge in [-0.25, -0.2) is 0 Å². The molecule has 1 unspecified atom stereocenters. The number of H-pyrrole nitrogens is 1. The standard InChI is InChI=1S/C44H63N15O8S2/c1-25(60)53-30(14-8-17-50-43(46)47)38(63)56-32-16-19-68-69-24-35(37(45)62)58-41(66)34(21-27-22-52-29-13-7-6-12-28(27)29)57-39(64)31(15-9-18-51-44(48)49)55-40(65)33(20-26-10-4-3-5-11-26)54-36(61)23-59(2)42(32)67/h3-7,10-13,22,30-35,52H,8-9,14-21,23-24H2,1-2H3,(H2,45,62)(H,53,60)(H,54,61)(H,55,65)(H,56,63)(H,57,64)(H,58,66)(H4,46,47,50)(H4,48,49,51)/t30-,31-,32?,33+,34-,35-/m0/s1. The fourth-order valence-corrected chi connectivity index (χ4v) is 9.53. The molecule has 0 spiro atoms. The molecule has 4 rings (SSSR count). The first-order valence-corrected chi connectivity index (χ1v) is 24.7. The number of hydrogen-bond acceptors (Lipinski definition) is 12. The van der Waals surface area contributed by atoms with Crippen LogP contribution in [0, 0.1) is 0 Å². The molecule has 0 saturated carbocycles. The van der Waals surface area contributed by atoms with Crippen LogP contribution in [0.1, 0.15) is 50.2 Å². The number of rotatable bonds is 16. The number of nitrogens with two attached hydrogens (primary N) is 5. The van der Waals surface area contributed by atoms with E-state index in [-0.39, 0.29) is 75.0 Å². The normalized spacial score (nSPS) is 20.7. The van der Waals surface area contributed by atoms with Gasteiger partial charge < -0.3 is 70.5 Å². The van der Waals surface area contributed by atoms with Crippen molar-refractivity contribution in [1.82, 2.24) is 41.8 Å². The van der Waals surface area contributed by atoms with E-state index in [1.807, 2.05) is 24.3 Å². The highest BCUT2D eigenvalue weighted by Crippen LogP contribution is 2.24. The van der Waals surface area contributed by atoms with Crippen molar-refractivity contribution in [1.29, 1.82) is 0 Å². The molecule has 3 aromatic rings. The van der Waals surface area contributed by atoms with Gasteiger partial charge in [-0.3, -0.25) is 48.3 Å². The summed E-state index contributed by atoms with van der Waals surface area (Å²) in [7, 11) is 3.74. The Bertz CT molecular complexity index is 2320. The van der Waals surface area contributed by atoms with E-state index in [1.54, 1.807) is 36.5 Å². The molecule has 0 radical (unpaired) electrons. The molecule has 1 fully saturated rings. The minimum atomic E-state index is -1.30. The number of nitrogens with zero attached hydrogens (tertiary/aromatic N) is 3. The molecule has 25 heteroatoms. The van der Waals surface area contributed by atoms with Gasteiger partial charge in [0.15, 0.2) is 11.9 Å². The van der Waals surface area contributed by atoms with Gasteiger partial charge in [0.05, 0.1) is 6.54 Å². The fraction of sp³-hybridized carbons (Fsp3) is 0.455. The Balaban J connectivity index is 1.71. The van der Waals surface area contributed by atoms with Gasteiger partial charge in [0.1, 0.15) is 36.3 Å². The van der Waals surface area contributed by atoms with Crippen LogP contribution in [0.2, 0.25) is 0 Å². The lowest BCUT2D eigenvalue weighted by Gasteiger charge is -2.27. The molecule has 1 saturated heterocycles. The van der Waals surface area contributed by atoms with E-state index >= 15 is 0 Å². The van der Waals surface area contributed by atoms with Gasteiger partial charge >= 0.3 is 0 Å². The highest BCUT2D eigenvalue weighted by Gasteiger charge is 2.34. The van der Waals surface area contributed by atoms with E-state index in [9.17, 15) is 38.4 Å². The Morgan fingerprint density at radius 1 is 0.783 bits per heavy atom. The zero-order valence-corrected chi connectivity index (χ0v) is 40.2. The summed E-state index contributed by atoms with van der Waals surface area (Å²) in [5.74, 6) is -5.83. The second-order valence-corrected chi connectivity index (χ2v) is 18.9. The number of aromatic amines is 1. The molecule has 2 heterocycles. The first kappa shape index (κ1) is 54.6. The third-order valence-electron chi connectivity index (χ3n) is 10.7. The van der Waals surface area contributed by atoms with Gasteiger partial charge in [-0.1, -0.05) is 70.1 Å². The van der Waals surface area contributed by atoms with Crippen molar-refractivity contribution < 1.29 is 38.4 Å². The zero-order valence-electron chi connectivity index (χ0n) is 38.5. The molecule has 23 nitrogen and oxygen atoms in total. The number of nitrogens with one attached hydrogen (secondary N) is 7. The summed E-state index contributed by atoms with van der Waals surface area (Å²) >= 11 is 0. The summed E-state index contributed by atoms with van der Waals surface area (Å²) in [5, 5.41) is 17.0. The van der Waals surface area contributed by atoms with Crippen LogP contribution in [0.25, 0.3) is 10.9 Å². The van der Waals surface area contributed by atoms with Gasteiger partial charge in [0, 0.05) is 68.5 Å². The number of aromatic nitrogens is 1. The van der Waals surface area contributed by atoms with Gasteiger partial charge in [-0.15, -0.1) is 0 Å². The molecule has 1 aromatic heterocycles. The van der Waals surface area contributed by atoms with Crippen molar-refractivity contribution in [2.45, 2.75) is 88.1 Å². The largest absolute Gasteiger partial charge is 0.370 e. The van der Waals surface area contributed by atoms with E-state index in [0.717, 1.165) is 26.6 Å². The summed E-state index contributed by atoms with van der Waals surface area (Å²) in [6.07, 6.45) is 2.29. The van der Waals surface area contributed by atoms with Crippen molar-refractivity contribution >= 4 is 91.7 Å². The van der Waals surface area contributed by atoms with Crippen LogP contribution in [0.4, 0.5) is 0 Å². The highest BCUT2D eigenvalue weighted by molar-refractivity contribution is 8.76. The molecule has 1 aliphatic heterocycles. The highest BCUT2D eigenvalue weighted by atomic mass is 33.1. The number of carbonyl (C=O) groups is 8. The average Bonchev–Trinajstić information content (AvgIpc) is 3.71. The van der Waals surface area contributed by atoms with Crippen LogP contribution < -0.4 is 60.6 Å². The molecular formula is C44H63N15O8S2. The number of fused-ring (bicyclic) bond motifs is 1. The Kier molecular flexibility index (Phi) is 21.9. The maximum Gasteiger partial charge on any atom is 0.245 e. The lowest BCUT2D eigenvalue weighted by molar-refractivity contribution is -0.139. The Morgan fingerprint density at radius 3 is 2.09 bits per heavy atom. The molecular weight excluding hydrogens is 931 g/mol. The third kappa shape index (κ3) is 18.5. The number of benzene rings is 2. The Labute approximate surface area is 407 Å². The van der Waals surface area contributed by atoms with Crippen molar-refractivity contribution in [3.8, 4) is 0 Å². The van der Waals surface area contributed by atoms with Crippen LogP contribution in [-0.4, -0.2) is 143 Å². The van der Waals surface area contributed by atoms with Crippen LogP contribution in [0.3, 0.4) is 0 Å². The summed E-state index contributed by atoms with van der Waals surface area (Å²) < 4.78 is 0. The lowest BCUT2D eigenvalue weighted by Crippen LogP contribution is -2.59. The summed E-state index contributed by atoms with van der Waals surface area (Å²) in [5.41, 5.74) is 29.8. The minimum absolute atomic E-state index is 0.0109. The predicted octanol–water partition coefficient (Wildman–Crippen LogP) is -2.28. The molecule has 374 valence electrons. The zero-order chi connectivity index (χ0) is 50.5. The van der Waals surface area contributed by atoms with E-state index in [1.165, 1.54) is 24.8 Å². The monoisotopic (exact) mass is 993 g/mol. The number of para-hydroxylation sites is 1. The van der Waals surface area contributed by atoms with Crippen molar-refractivity contribution in [2.75, 3.05) is 38.2 Å². The molecule has 17 N–H and O–H groups in total. The van der Waals surface area contributed by atoms with Crippen molar-refractivity contribution in [2.24, 2.45) is 38.7 Å². The van der Waals surface area contributed by atoms with E-state index in [4.69, 9.17) is 28.7 Å². The molecule has 2 aromatic carbocycles. The number of hydrogen-bond donors (Lipinski definition) is 12. The SMILES string of the molecule is CC(=O)N[C@@H](CCCN=C(N)N)C(=O)NC1CCSSC[C@@H](C(N)=O)NC(=O)[C@H](Cc2c[nH]c3ccccc23)NC(=O)[C@H](CCCN=C(N)N)NC(=O)[C@@H](Cc2ccccc2)NC(=O)CN(C)C1=O. The smallest absolute Gasteiger partial charge is 0.245 e. The fourth-order valence-electron chi connectivity index (χ4n) is 7.26. The quantitative estimate of drug-likeness (QED) is 0.0312. The molecule has 69 heavy (non-hydrogen) atoms. The number of amides is 8. The van der Waals surface area contributed by atoms with E-state index in [0.29, 0.717) is 17.5 Å². The summed E-state index contributed by atoms with van der Waals surface area (Å²) in [4.78, 5) is 122. The van der Waals surface area contributed by atoms with Gasteiger partial charge in [0.25, 0.3) is 0 Å². The van der Waals surface area contributed by atoms with Crippen LogP contribution in [-0.2, 0) is 51.2 Å². The van der Waals surface area contributed by atoms with Gasteiger partial charge in [0.2, 0.25) is 47.3 Å². The van der Waals surface area contributed by atoms with Crippen LogP contribution in [0.15, 0.2) is 70.8 Å². The van der Waals surface area contributed by atoms with Crippen LogP contribution in [0.5, 0.6) is 0 Å². The second kappa shape index (κ2) is 27.7. The molecule has 6 atom stereocenters. The van der Waals surface area contributed by atoms with Crippen LogP contribution >= 0.6 is 21.6 Å². The number of primary amides is 1. The lowest BCUT2D eigenvalue weighted by atomic mass is 10.0. The number of carbonyl (C=O) groups excluding carboxylic acids is 8. The number of aliphatic imine (C=N–C) groups is 2. The second-order valence-electron chi connectivity index (χ2n) is 16.3. The maximum absolute atomic E-state index is 14.4. The number of likely N-dealkylation sites (N-methyl/N-ethyl adjacent to an activating group) is 1. The van der Waals surface area contributed by atoms with Gasteiger partial charge in [-0.05, 0) is 49.3 Å².